The Kier molecular flexibility index (Phi) is 6.04. The quantitative estimate of drug-likeness (QED) is 0.618. The van der Waals surface area contributed by atoms with Gasteiger partial charge in [0.05, 0.1) is 6.61 Å². The molecule has 2 unspecified atom stereocenters. The summed E-state index contributed by atoms with van der Waals surface area (Å²) < 4.78 is 6.12. The van der Waals surface area contributed by atoms with Gasteiger partial charge in [-0.2, -0.15) is 0 Å². The third-order valence-corrected chi connectivity index (χ3v) is 10.1. The van der Waals surface area contributed by atoms with Gasteiger partial charge in [-0.25, -0.2) is 0 Å². The van der Waals surface area contributed by atoms with Crippen molar-refractivity contribution in [1.82, 2.24) is 0 Å². The molecule has 0 rings (SSSR count). The maximum Gasteiger partial charge on any atom is 0.209 e. The fourth-order valence-corrected chi connectivity index (χ4v) is 10.8. The normalized spacial score (nSPS) is 18.9. The van der Waals surface area contributed by atoms with E-state index >= 15 is 0 Å². The van der Waals surface area contributed by atoms with E-state index in [9.17, 15) is 10.2 Å². The van der Waals surface area contributed by atoms with Crippen LogP contribution in [0.4, 0.5) is 0 Å². The van der Waals surface area contributed by atoms with Crippen LogP contribution in [0.3, 0.4) is 0 Å². The lowest BCUT2D eigenvalue weighted by molar-refractivity contribution is -0.0599. The summed E-state index contributed by atoms with van der Waals surface area (Å²) in [5.74, 6) is 0. The average Bonchev–Trinajstić information content (AvgIpc) is 2.12. The van der Waals surface area contributed by atoms with Crippen molar-refractivity contribution in [3.05, 3.63) is 0 Å². The van der Waals surface area contributed by atoms with Crippen molar-refractivity contribution < 1.29 is 19.4 Å². The third-order valence-electron chi connectivity index (χ3n) is 2.96. The third kappa shape index (κ3) is 4.46. The molecule has 17 heavy (non-hydrogen) atoms. The van der Waals surface area contributed by atoms with Crippen LogP contribution in [0, 0.1) is 0 Å². The highest BCUT2D eigenvalue weighted by atomic mass is 28.4. The molecule has 0 spiro atoms. The summed E-state index contributed by atoms with van der Waals surface area (Å²) in [6.07, 6.45) is 0.0813. The number of hydrogen-bond acceptors (Lipinski definition) is 4. The Hall–Kier alpha value is 0.274. The Morgan fingerprint density at radius 3 is 1.94 bits per heavy atom. The molecule has 2 atom stereocenters. The van der Waals surface area contributed by atoms with Crippen LogP contribution in [0.5, 0.6) is 0 Å². The van der Waals surface area contributed by atoms with E-state index in [2.05, 4.69) is 19.6 Å². The van der Waals surface area contributed by atoms with Crippen LogP contribution in [0.1, 0.15) is 19.8 Å². The highest BCUT2D eigenvalue weighted by Gasteiger charge is 2.52. The molecule has 0 radical (unpaired) electrons. The number of aliphatic hydroxyl groups excluding tert-OH is 2. The van der Waals surface area contributed by atoms with E-state index < -0.39 is 34.6 Å². The van der Waals surface area contributed by atoms with Crippen molar-refractivity contribution >= 4 is 16.6 Å². The van der Waals surface area contributed by atoms with Gasteiger partial charge >= 0.3 is 0 Å². The van der Waals surface area contributed by atoms with Crippen LogP contribution in [-0.4, -0.2) is 49.9 Å². The smallest absolute Gasteiger partial charge is 0.209 e. The van der Waals surface area contributed by atoms with Crippen LogP contribution < -0.4 is 0 Å². The molecule has 0 aromatic rings. The lowest BCUT2D eigenvalue weighted by atomic mass is 10.1. The molecule has 4 nitrogen and oxygen atoms in total. The molecule has 0 aromatic carbocycles. The van der Waals surface area contributed by atoms with Crippen LogP contribution >= 0.6 is 0 Å². The van der Waals surface area contributed by atoms with E-state index in [1.54, 1.807) is 0 Å². The molecule has 0 heterocycles. The lowest BCUT2D eigenvalue weighted by Crippen LogP contribution is -2.66. The summed E-state index contributed by atoms with van der Waals surface area (Å²) in [6, 6.07) is 0. The zero-order chi connectivity index (χ0) is 13.9. The monoisotopic (exact) mass is 280 g/mol. The standard InChI is InChI=1S/C11H28O4Si2/c1-7-8-11(14,10(13)9-12)17(5,6)15-16(2,3)4/h10,12-14H,7-9H2,1-6H3. The van der Waals surface area contributed by atoms with Crippen LogP contribution in [0.15, 0.2) is 0 Å². The van der Waals surface area contributed by atoms with E-state index in [-0.39, 0.29) is 0 Å². The Bertz CT molecular complexity index is 240. The second kappa shape index (κ2) is 5.94. The first-order valence-corrected chi connectivity index (χ1v) is 12.5. The van der Waals surface area contributed by atoms with E-state index in [0.717, 1.165) is 6.42 Å². The molecule has 0 bridgehead atoms. The molecule has 0 aliphatic rings. The summed E-state index contributed by atoms with van der Waals surface area (Å²) in [7, 11) is -4.27. The minimum Gasteiger partial charge on any atom is -0.454 e. The maximum atomic E-state index is 10.7. The van der Waals surface area contributed by atoms with E-state index in [1.807, 2.05) is 20.0 Å². The predicted molar refractivity (Wildman–Crippen MR) is 74.9 cm³/mol. The summed E-state index contributed by atoms with van der Waals surface area (Å²) in [4.78, 5) is 0. The fourth-order valence-electron chi connectivity index (χ4n) is 2.25. The van der Waals surface area contributed by atoms with Crippen molar-refractivity contribution in [1.29, 1.82) is 0 Å². The van der Waals surface area contributed by atoms with Gasteiger partial charge < -0.3 is 19.4 Å². The molecule has 0 fully saturated rings. The Balaban J connectivity index is 5.15. The van der Waals surface area contributed by atoms with Gasteiger partial charge in [0.1, 0.15) is 11.3 Å². The first kappa shape index (κ1) is 17.3. The molecule has 0 amide bonds. The van der Waals surface area contributed by atoms with Gasteiger partial charge in [-0.15, -0.1) is 0 Å². The first-order chi connectivity index (χ1) is 7.50. The second-order valence-electron chi connectivity index (χ2n) is 6.10. The maximum absolute atomic E-state index is 10.7. The largest absolute Gasteiger partial charge is 0.454 e. The highest BCUT2D eigenvalue weighted by Crippen LogP contribution is 2.32. The molecule has 0 aliphatic carbocycles. The van der Waals surface area contributed by atoms with E-state index in [4.69, 9.17) is 9.22 Å². The Morgan fingerprint density at radius 1 is 1.18 bits per heavy atom. The van der Waals surface area contributed by atoms with Gasteiger partial charge in [0.15, 0.2) is 8.32 Å². The zero-order valence-electron chi connectivity index (χ0n) is 11.9. The molecular formula is C11H28O4Si2. The second-order valence-corrected chi connectivity index (χ2v) is 15.0. The summed E-state index contributed by atoms with van der Waals surface area (Å²) in [5.41, 5.74) is 0. The predicted octanol–water partition coefficient (Wildman–Crippen LogP) is 1.47. The van der Waals surface area contributed by atoms with Gasteiger partial charge in [-0.05, 0) is 39.2 Å². The zero-order valence-corrected chi connectivity index (χ0v) is 13.9. The van der Waals surface area contributed by atoms with E-state index in [1.165, 1.54) is 0 Å². The molecule has 3 N–H and O–H groups in total. The van der Waals surface area contributed by atoms with Crippen molar-refractivity contribution in [2.45, 2.75) is 63.8 Å². The van der Waals surface area contributed by atoms with Gasteiger partial charge in [0.2, 0.25) is 8.32 Å². The van der Waals surface area contributed by atoms with Gasteiger partial charge in [-0.1, -0.05) is 13.3 Å². The van der Waals surface area contributed by atoms with Gasteiger partial charge in [0.25, 0.3) is 0 Å². The van der Waals surface area contributed by atoms with Crippen molar-refractivity contribution in [2.75, 3.05) is 6.61 Å². The SMILES string of the molecule is CCCC(O)(C(O)CO)[Si](C)(C)O[Si](C)(C)C. The van der Waals surface area contributed by atoms with Crippen molar-refractivity contribution in [2.24, 2.45) is 0 Å². The van der Waals surface area contributed by atoms with Crippen molar-refractivity contribution in [3.8, 4) is 0 Å². The Labute approximate surface area is 107 Å². The summed E-state index contributed by atoms with van der Waals surface area (Å²) in [5, 5.41) is 28.5. The molecule has 0 aliphatic heterocycles. The van der Waals surface area contributed by atoms with Gasteiger partial charge in [0, 0.05) is 0 Å². The average molecular weight is 281 g/mol. The molecule has 0 aromatic heterocycles. The lowest BCUT2D eigenvalue weighted by Gasteiger charge is -2.46. The van der Waals surface area contributed by atoms with Crippen LogP contribution in [0.25, 0.3) is 0 Å². The van der Waals surface area contributed by atoms with Crippen LogP contribution in [-0.2, 0) is 4.12 Å². The molecule has 0 saturated carbocycles. The van der Waals surface area contributed by atoms with Crippen molar-refractivity contribution in [3.63, 3.8) is 0 Å². The topological polar surface area (TPSA) is 69.9 Å². The molecular weight excluding hydrogens is 252 g/mol. The number of aliphatic hydroxyl groups is 3. The molecule has 0 saturated heterocycles. The van der Waals surface area contributed by atoms with Crippen LogP contribution in [0.2, 0.25) is 32.7 Å². The fraction of sp³-hybridized carbons (Fsp3) is 1.00. The van der Waals surface area contributed by atoms with Gasteiger partial charge in [-0.3, -0.25) is 0 Å². The minimum atomic E-state index is -2.49. The highest BCUT2D eigenvalue weighted by molar-refractivity contribution is 6.85. The number of rotatable bonds is 7. The number of hydrogen-bond donors (Lipinski definition) is 3. The first-order valence-electron chi connectivity index (χ1n) is 6.21. The molecule has 104 valence electrons. The Morgan fingerprint density at radius 2 is 1.65 bits per heavy atom. The summed E-state index contributed by atoms with van der Waals surface area (Å²) >= 11 is 0. The van der Waals surface area contributed by atoms with E-state index in [0.29, 0.717) is 6.42 Å². The summed E-state index contributed by atoms with van der Waals surface area (Å²) in [6.45, 7) is 11.6. The molecule has 6 heteroatoms. The minimum absolute atomic E-state index is 0.429.